The molecule has 11 rings (SSSR count). The summed E-state index contributed by atoms with van der Waals surface area (Å²) in [5.41, 5.74) is 11.9. The molecule has 3 aromatic heterocycles. The minimum Gasteiger partial charge on any atom is -0.455 e. The van der Waals surface area contributed by atoms with E-state index in [2.05, 4.69) is 156 Å². The molecule has 0 saturated heterocycles. The van der Waals surface area contributed by atoms with Crippen LogP contribution in [0, 0.1) is 0 Å². The zero-order chi connectivity index (χ0) is 37.0. The molecule has 0 saturated carbocycles. The Hall–Kier alpha value is -7.63. The van der Waals surface area contributed by atoms with Crippen molar-refractivity contribution in [1.29, 1.82) is 0 Å². The zero-order valence-corrected chi connectivity index (χ0v) is 30.2. The normalized spacial score (nSPS) is 11.6. The summed E-state index contributed by atoms with van der Waals surface area (Å²) >= 11 is 0. The van der Waals surface area contributed by atoms with Gasteiger partial charge in [-0.05, 0) is 53.1 Å². The number of nitrogens with zero attached hydrogens (tertiary/aromatic N) is 4. The van der Waals surface area contributed by atoms with E-state index < -0.39 is 0 Å². The maximum Gasteiger partial charge on any atom is 0.166 e. The van der Waals surface area contributed by atoms with E-state index in [4.69, 9.17) is 19.4 Å². The molecule has 0 spiro atoms. The Balaban J connectivity index is 1.15. The molecule has 0 aliphatic carbocycles. The highest BCUT2D eigenvalue weighted by Crippen LogP contribution is 2.40. The van der Waals surface area contributed by atoms with Crippen LogP contribution in [0.2, 0.25) is 0 Å². The lowest BCUT2D eigenvalue weighted by atomic mass is 10.0. The molecule has 5 nitrogen and oxygen atoms in total. The van der Waals surface area contributed by atoms with Gasteiger partial charge in [-0.3, -0.25) is 0 Å². The molecule has 5 heteroatoms. The van der Waals surface area contributed by atoms with Crippen LogP contribution in [-0.2, 0) is 0 Å². The summed E-state index contributed by atoms with van der Waals surface area (Å²) < 4.78 is 9.01. The molecular formula is C51H32N4O. The molecular weight excluding hydrogens is 685 g/mol. The minimum atomic E-state index is 0.569. The molecule has 0 amide bonds. The number of fused-ring (bicyclic) bond motifs is 6. The van der Waals surface area contributed by atoms with E-state index in [-0.39, 0.29) is 0 Å². The summed E-state index contributed by atoms with van der Waals surface area (Å²) in [6.07, 6.45) is 0. The first-order valence-corrected chi connectivity index (χ1v) is 18.8. The van der Waals surface area contributed by atoms with Gasteiger partial charge in [-0.15, -0.1) is 0 Å². The van der Waals surface area contributed by atoms with Crippen molar-refractivity contribution in [2.75, 3.05) is 0 Å². The SMILES string of the molecule is c1ccc(-c2ccc(-c3nc(-c4ccccc4)nc(-c4ccc5c(c4)oc4c(-c6ccccc6)cccc45)n3)c(-n3c4ccccc4c4ccccc43)c2)cc1. The van der Waals surface area contributed by atoms with Crippen molar-refractivity contribution in [3.63, 3.8) is 0 Å². The van der Waals surface area contributed by atoms with Gasteiger partial charge in [0, 0.05) is 43.8 Å². The fraction of sp³-hybridized carbons (Fsp3) is 0. The van der Waals surface area contributed by atoms with Gasteiger partial charge in [0.1, 0.15) is 11.2 Å². The summed E-state index contributed by atoms with van der Waals surface area (Å²) in [6.45, 7) is 0. The van der Waals surface area contributed by atoms with Crippen LogP contribution < -0.4 is 0 Å². The van der Waals surface area contributed by atoms with E-state index >= 15 is 0 Å². The third-order valence-electron chi connectivity index (χ3n) is 10.7. The van der Waals surface area contributed by atoms with Crippen LogP contribution in [0.4, 0.5) is 0 Å². The van der Waals surface area contributed by atoms with Crippen LogP contribution in [0.15, 0.2) is 199 Å². The van der Waals surface area contributed by atoms with Crippen molar-refractivity contribution in [2.45, 2.75) is 0 Å². The van der Waals surface area contributed by atoms with Gasteiger partial charge in [-0.25, -0.2) is 15.0 Å². The van der Waals surface area contributed by atoms with Crippen molar-refractivity contribution in [1.82, 2.24) is 19.5 Å². The maximum absolute atomic E-state index is 6.66. The molecule has 0 unspecified atom stereocenters. The number of aromatic nitrogens is 4. The number of hydrogen-bond acceptors (Lipinski definition) is 4. The van der Waals surface area contributed by atoms with Crippen LogP contribution >= 0.6 is 0 Å². The Morgan fingerprint density at radius 1 is 0.339 bits per heavy atom. The first-order chi connectivity index (χ1) is 27.8. The number of benzene rings is 8. The third kappa shape index (κ3) is 5.29. The van der Waals surface area contributed by atoms with Gasteiger partial charge in [0.2, 0.25) is 0 Å². The van der Waals surface area contributed by atoms with Crippen LogP contribution in [0.25, 0.3) is 106 Å². The van der Waals surface area contributed by atoms with Crippen molar-refractivity contribution < 1.29 is 4.42 Å². The number of furan rings is 1. The standard InChI is InChI=1S/C51H32N4O/c1-4-15-33(16-5-1)36-27-30-43(46(31-36)55-44-25-12-10-21-39(44)40-22-11-13-26-45(40)55)51-53-49(35-19-8-3-9-20-35)52-50(54-51)37-28-29-41-42-24-14-23-38(34-17-6-2-7-18-34)48(42)56-47(41)32-37/h1-32H. The Morgan fingerprint density at radius 3 is 1.59 bits per heavy atom. The second-order valence-corrected chi connectivity index (χ2v) is 14.0. The summed E-state index contributed by atoms with van der Waals surface area (Å²) in [4.78, 5) is 15.6. The predicted molar refractivity (Wildman–Crippen MR) is 229 cm³/mol. The van der Waals surface area contributed by atoms with Crippen LogP contribution in [-0.4, -0.2) is 19.5 Å². The Morgan fingerprint density at radius 2 is 0.893 bits per heavy atom. The minimum absolute atomic E-state index is 0.569. The Bertz CT molecular complexity index is 3190. The quantitative estimate of drug-likeness (QED) is 0.172. The van der Waals surface area contributed by atoms with E-state index in [1.54, 1.807) is 0 Å². The van der Waals surface area contributed by atoms with Gasteiger partial charge in [-0.1, -0.05) is 158 Å². The fourth-order valence-electron chi connectivity index (χ4n) is 8.02. The number of hydrogen-bond donors (Lipinski definition) is 0. The van der Waals surface area contributed by atoms with E-state index in [0.717, 1.165) is 77.6 Å². The van der Waals surface area contributed by atoms with Crippen molar-refractivity contribution in [2.24, 2.45) is 0 Å². The largest absolute Gasteiger partial charge is 0.455 e. The first kappa shape index (κ1) is 31.9. The lowest BCUT2D eigenvalue weighted by Crippen LogP contribution is -2.04. The molecule has 0 aliphatic rings. The second-order valence-electron chi connectivity index (χ2n) is 14.0. The highest BCUT2D eigenvalue weighted by molar-refractivity contribution is 6.11. The number of para-hydroxylation sites is 3. The van der Waals surface area contributed by atoms with E-state index in [1.165, 1.54) is 10.8 Å². The van der Waals surface area contributed by atoms with Crippen molar-refractivity contribution >= 4 is 43.7 Å². The number of rotatable bonds is 6. The molecule has 0 bridgehead atoms. The molecule has 11 aromatic rings. The molecule has 0 N–H and O–H groups in total. The van der Waals surface area contributed by atoms with Gasteiger partial charge in [0.05, 0.1) is 16.7 Å². The van der Waals surface area contributed by atoms with Gasteiger partial charge in [-0.2, -0.15) is 0 Å². The smallest absolute Gasteiger partial charge is 0.166 e. The zero-order valence-electron chi connectivity index (χ0n) is 30.2. The van der Waals surface area contributed by atoms with Gasteiger partial charge >= 0.3 is 0 Å². The summed E-state index contributed by atoms with van der Waals surface area (Å²) in [5.74, 6) is 1.75. The van der Waals surface area contributed by atoms with Crippen molar-refractivity contribution in [3.05, 3.63) is 194 Å². The topological polar surface area (TPSA) is 56.7 Å². The second kappa shape index (κ2) is 13.0. The average molecular weight is 717 g/mol. The molecule has 0 aliphatic heterocycles. The van der Waals surface area contributed by atoms with Gasteiger partial charge < -0.3 is 8.98 Å². The molecule has 0 radical (unpaired) electrons. The Labute approximate surface area is 322 Å². The third-order valence-corrected chi connectivity index (χ3v) is 10.7. The summed E-state index contributed by atoms with van der Waals surface area (Å²) in [5, 5.41) is 4.50. The lowest BCUT2D eigenvalue weighted by molar-refractivity contribution is 0.670. The first-order valence-electron chi connectivity index (χ1n) is 18.8. The average Bonchev–Trinajstić information content (AvgIpc) is 3.82. The molecule has 3 heterocycles. The maximum atomic E-state index is 6.66. The van der Waals surface area contributed by atoms with Crippen LogP contribution in [0.1, 0.15) is 0 Å². The predicted octanol–water partition coefficient (Wildman–Crippen LogP) is 13.2. The highest BCUT2D eigenvalue weighted by Gasteiger charge is 2.21. The van der Waals surface area contributed by atoms with Crippen LogP contribution in [0.3, 0.4) is 0 Å². The fourth-order valence-corrected chi connectivity index (χ4v) is 8.02. The van der Waals surface area contributed by atoms with Crippen molar-refractivity contribution in [3.8, 4) is 62.1 Å². The van der Waals surface area contributed by atoms with E-state index in [9.17, 15) is 0 Å². The summed E-state index contributed by atoms with van der Waals surface area (Å²) in [6, 6.07) is 67.4. The lowest BCUT2D eigenvalue weighted by Gasteiger charge is -2.16. The Kier molecular flexibility index (Phi) is 7.42. The molecule has 0 fully saturated rings. The van der Waals surface area contributed by atoms with E-state index in [1.807, 2.05) is 42.5 Å². The monoisotopic (exact) mass is 716 g/mol. The highest BCUT2D eigenvalue weighted by atomic mass is 16.3. The molecule has 56 heavy (non-hydrogen) atoms. The van der Waals surface area contributed by atoms with Crippen LogP contribution in [0.5, 0.6) is 0 Å². The van der Waals surface area contributed by atoms with Gasteiger partial charge in [0.15, 0.2) is 17.5 Å². The van der Waals surface area contributed by atoms with E-state index in [0.29, 0.717) is 17.5 Å². The molecule has 8 aromatic carbocycles. The molecule has 262 valence electrons. The van der Waals surface area contributed by atoms with Gasteiger partial charge in [0.25, 0.3) is 0 Å². The molecule has 0 atom stereocenters. The summed E-state index contributed by atoms with van der Waals surface area (Å²) in [7, 11) is 0.